The van der Waals surface area contributed by atoms with Gasteiger partial charge < -0.3 is 5.73 Å². The lowest BCUT2D eigenvalue weighted by atomic mass is 9.99. The van der Waals surface area contributed by atoms with Crippen LogP contribution in [0.5, 0.6) is 0 Å². The van der Waals surface area contributed by atoms with Crippen LogP contribution in [-0.2, 0) is 7.05 Å². The molecule has 18 heavy (non-hydrogen) atoms. The average molecular weight is 268 g/mol. The van der Waals surface area contributed by atoms with Crippen molar-refractivity contribution in [1.29, 1.82) is 0 Å². The first-order chi connectivity index (χ1) is 8.61. The first-order valence-electron chi connectivity index (χ1n) is 6.62. The second-order valence-corrected chi connectivity index (χ2v) is 6.36. The van der Waals surface area contributed by atoms with E-state index < -0.39 is 0 Å². The fourth-order valence-electron chi connectivity index (χ4n) is 2.83. The van der Waals surface area contributed by atoms with E-state index in [9.17, 15) is 0 Å². The van der Waals surface area contributed by atoms with Gasteiger partial charge >= 0.3 is 0 Å². The lowest BCUT2D eigenvalue weighted by molar-refractivity contribution is 0.149. The Bertz CT molecular complexity index is 369. The van der Waals surface area contributed by atoms with Gasteiger partial charge in [-0.3, -0.25) is 9.58 Å². The molecule has 1 aliphatic heterocycles. The largest absolute Gasteiger partial charge is 0.326 e. The molecule has 4 nitrogen and oxygen atoms in total. The van der Waals surface area contributed by atoms with Gasteiger partial charge in [0.05, 0.1) is 12.2 Å². The summed E-state index contributed by atoms with van der Waals surface area (Å²) in [6.07, 6.45) is 8.79. The van der Waals surface area contributed by atoms with Crippen molar-refractivity contribution in [1.82, 2.24) is 14.7 Å². The predicted molar refractivity (Wildman–Crippen MR) is 77.7 cm³/mol. The van der Waals surface area contributed by atoms with Crippen LogP contribution < -0.4 is 5.73 Å². The van der Waals surface area contributed by atoms with Gasteiger partial charge in [-0.05, 0) is 39.1 Å². The minimum absolute atomic E-state index is 0.139. The minimum atomic E-state index is 0.139. The van der Waals surface area contributed by atoms with Crippen molar-refractivity contribution in [2.75, 3.05) is 19.3 Å². The zero-order valence-electron chi connectivity index (χ0n) is 11.5. The van der Waals surface area contributed by atoms with E-state index in [0.717, 1.165) is 18.3 Å². The van der Waals surface area contributed by atoms with Crippen LogP contribution in [0.3, 0.4) is 0 Å². The number of hydrogen-bond donors (Lipinski definition) is 1. The number of likely N-dealkylation sites (tertiary alicyclic amines) is 1. The molecule has 1 fully saturated rings. The number of hydrogen-bond acceptors (Lipinski definition) is 4. The number of aromatic nitrogens is 2. The molecule has 102 valence electrons. The van der Waals surface area contributed by atoms with Crippen molar-refractivity contribution in [3.8, 4) is 0 Å². The molecule has 0 saturated carbocycles. The summed E-state index contributed by atoms with van der Waals surface area (Å²) in [4.78, 5) is 2.52. The zero-order chi connectivity index (χ0) is 13.1. The monoisotopic (exact) mass is 268 g/mol. The first kappa shape index (κ1) is 13.9. The topological polar surface area (TPSA) is 47.1 Å². The van der Waals surface area contributed by atoms with Crippen molar-refractivity contribution in [3.05, 3.63) is 18.0 Å². The van der Waals surface area contributed by atoms with Crippen LogP contribution in [0.25, 0.3) is 0 Å². The third-order valence-corrected chi connectivity index (χ3v) is 4.91. The second-order valence-electron chi connectivity index (χ2n) is 5.22. The number of rotatable bonds is 4. The van der Waals surface area contributed by atoms with E-state index in [-0.39, 0.29) is 6.04 Å². The Morgan fingerprint density at radius 3 is 2.56 bits per heavy atom. The standard InChI is InChI=1S/C13H24N4S/c1-10(14)13(11-8-15-16(2)9-11)17-6-4-12(18-3)5-7-17/h8-10,12-13H,4-7,14H2,1-3H3. The summed E-state index contributed by atoms with van der Waals surface area (Å²) in [6, 6.07) is 0.446. The number of thioether (sulfide) groups is 1. The Kier molecular flexibility index (Phi) is 4.70. The summed E-state index contributed by atoms with van der Waals surface area (Å²) in [5, 5.41) is 5.10. The predicted octanol–water partition coefficient (Wildman–Crippen LogP) is 1.64. The van der Waals surface area contributed by atoms with Gasteiger partial charge in [0.25, 0.3) is 0 Å². The maximum atomic E-state index is 6.19. The van der Waals surface area contributed by atoms with Crippen molar-refractivity contribution in [2.24, 2.45) is 12.8 Å². The van der Waals surface area contributed by atoms with E-state index in [0.29, 0.717) is 6.04 Å². The molecule has 2 N–H and O–H groups in total. The third-order valence-electron chi connectivity index (χ3n) is 3.77. The van der Waals surface area contributed by atoms with Crippen molar-refractivity contribution < 1.29 is 0 Å². The molecule has 0 aliphatic carbocycles. The summed E-state index contributed by atoms with van der Waals surface area (Å²) >= 11 is 1.99. The van der Waals surface area contributed by atoms with Gasteiger partial charge in [0.15, 0.2) is 0 Å². The van der Waals surface area contributed by atoms with Gasteiger partial charge in [-0.15, -0.1) is 0 Å². The highest BCUT2D eigenvalue weighted by Gasteiger charge is 2.28. The van der Waals surface area contributed by atoms with Gasteiger partial charge in [-0.2, -0.15) is 16.9 Å². The maximum Gasteiger partial charge on any atom is 0.0538 e. The lowest BCUT2D eigenvalue weighted by Crippen LogP contribution is -2.44. The van der Waals surface area contributed by atoms with E-state index in [1.54, 1.807) is 0 Å². The van der Waals surface area contributed by atoms with Gasteiger partial charge in [-0.25, -0.2) is 0 Å². The van der Waals surface area contributed by atoms with Gasteiger partial charge in [0.1, 0.15) is 0 Å². The van der Waals surface area contributed by atoms with E-state index in [4.69, 9.17) is 5.73 Å². The molecule has 2 atom stereocenters. The number of nitrogens with two attached hydrogens (primary N) is 1. The average Bonchev–Trinajstić information content (AvgIpc) is 2.76. The quantitative estimate of drug-likeness (QED) is 0.902. The Morgan fingerprint density at radius 2 is 2.11 bits per heavy atom. The molecule has 0 bridgehead atoms. The van der Waals surface area contributed by atoms with Gasteiger partial charge in [-0.1, -0.05) is 0 Å². The summed E-state index contributed by atoms with van der Waals surface area (Å²) in [5.41, 5.74) is 7.44. The molecular formula is C13H24N4S. The molecule has 2 heterocycles. The molecule has 1 aliphatic rings. The minimum Gasteiger partial charge on any atom is -0.326 e. The van der Waals surface area contributed by atoms with E-state index in [2.05, 4.69) is 29.4 Å². The third kappa shape index (κ3) is 3.08. The molecule has 0 amide bonds. The van der Waals surface area contributed by atoms with Crippen molar-refractivity contribution in [3.63, 3.8) is 0 Å². The zero-order valence-corrected chi connectivity index (χ0v) is 12.4. The molecule has 1 aromatic heterocycles. The lowest BCUT2D eigenvalue weighted by Gasteiger charge is -2.38. The summed E-state index contributed by atoms with van der Waals surface area (Å²) in [6.45, 7) is 4.39. The molecule has 5 heteroatoms. The summed E-state index contributed by atoms with van der Waals surface area (Å²) in [5.74, 6) is 0. The number of piperidine rings is 1. The van der Waals surface area contributed by atoms with E-state index in [1.165, 1.54) is 18.4 Å². The first-order valence-corrected chi connectivity index (χ1v) is 7.91. The van der Waals surface area contributed by atoms with Crippen LogP contribution in [0.1, 0.15) is 31.4 Å². The summed E-state index contributed by atoms with van der Waals surface area (Å²) in [7, 11) is 1.96. The molecule has 0 radical (unpaired) electrons. The number of aryl methyl sites for hydroxylation is 1. The Morgan fingerprint density at radius 1 is 1.44 bits per heavy atom. The second kappa shape index (κ2) is 6.08. The fourth-order valence-corrected chi connectivity index (χ4v) is 3.51. The van der Waals surface area contributed by atoms with Gasteiger partial charge in [0.2, 0.25) is 0 Å². The Labute approximate surface area is 114 Å². The van der Waals surface area contributed by atoms with Crippen LogP contribution in [-0.4, -0.2) is 45.3 Å². The molecule has 0 spiro atoms. The van der Waals surface area contributed by atoms with Gasteiger partial charge in [0, 0.05) is 30.1 Å². The molecule has 2 unspecified atom stereocenters. The van der Waals surface area contributed by atoms with Crippen LogP contribution in [0.15, 0.2) is 12.4 Å². The highest BCUT2D eigenvalue weighted by molar-refractivity contribution is 7.99. The van der Waals surface area contributed by atoms with E-state index >= 15 is 0 Å². The van der Waals surface area contributed by atoms with Crippen LogP contribution in [0.4, 0.5) is 0 Å². The molecular weight excluding hydrogens is 244 g/mol. The highest BCUT2D eigenvalue weighted by Crippen LogP contribution is 2.29. The SMILES string of the molecule is CSC1CCN(C(c2cnn(C)c2)C(C)N)CC1. The van der Waals surface area contributed by atoms with Crippen LogP contribution >= 0.6 is 11.8 Å². The van der Waals surface area contributed by atoms with E-state index in [1.807, 2.05) is 29.7 Å². The normalized spacial score (nSPS) is 22.0. The fraction of sp³-hybridized carbons (Fsp3) is 0.769. The highest BCUT2D eigenvalue weighted by atomic mass is 32.2. The van der Waals surface area contributed by atoms with Crippen molar-refractivity contribution in [2.45, 2.75) is 37.1 Å². The Hall–Kier alpha value is -0.520. The van der Waals surface area contributed by atoms with Crippen molar-refractivity contribution >= 4 is 11.8 Å². The Balaban J connectivity index is 2.07. The molecule has 1 aromatic rings. The molecule has 1 saturated heterocycles. The number of nitrogens with zero attached hydrogens (tertiary/aromatic N) is 3. The molecule has 2 rings (SSSR count). The summed E-state index contributed by atoms with van der Waals surface area (Å²) < 4.78 is 1.86. The maximum absolute atomic E-state index is 6.19. The van der Waals surface area contributed by atoms with Crippen LogP contribution in [0, 0.1) is 0 Å². The smallest absolute Gasteiger partial charge is 0.0538 e. The van der Waals surface area contributed by atoms with Crippen LogP contribution in [0.2, 0.25) is 0 Å². The molecule has 0 aromatic carbocycles.